The normalized spacial score (nSPS) is 17.2. The molecule has 94 valence electrons. The van der Waals surface area contributed by atoms with Gasteiger partial charge in [0.05, 0.1) is 6.10 Å². The smallest absolute Gasteiger partial charge is 0.117 e. The van der Waals surface area contributed by atoms with Gasteiger partial charge in [-0.25, -0.2) is 0 Å². The third-order valence-electron chi connectivity index (χ3n) is 3.01. The molecule has 0 fully saturated rings. The third-order valence-corrected chi connectivity index (χ3v) is 3.01. The number of aliphatic hydroxyl groups is 2. The molecular formula is C14H26O2. The molecule has 0 saturated carbocycles. The zero-order valence-corrected chi connectivity index (χ0v) is 11.2. The van der Waals surface area contributed by atoms with Crippen molar-refractivity contribution in [2.24, 2.45) is 11.3 Å². The summed E-state index contributed by atoms with van der Waals surface area (Å²) in [5, 5.41) is 18.5. The first-order chi connectivity index (χ1) is 7.23. The Bertz CT molecular complexity index is 240. The van der Waals surface area contributed by atoms with E-state index in [1.807, 2.05) is 0 Å². The lowest BCUT2D eigenvalue weighted by Crippen LogP contribution is -2.16. The van der Waals surface area contributed by atoms with Gasteiger partial charge in [-0.2, -0.15) is 0 Å². The number of hydrogen-bond acceptors (Lipinski definition) is 2. The van der Waals surface area contributed by atoms with Gasteiger partial charge in [-0.05, 0) is 24.7 Å². The molecule has 2 heteroatoms. The van der Waals surface area contributed by atoms with Gasteiger partial charge in [0.15, 0.2) is 0 Å². The Kier molecular flexibility index (Phi) is 6.71. The molecule has 0 aromatic rings. The fourth-order valence-corrected chi connectivity index (χ4v) is 1.29. The Hall–Kier alpha value is -0.520. The molecule has 2 nitrogen and oxygen atoms in total. The highest BCUT2D eigenvalue weighted by atomic mass is 16.3. The maximum atomic E-state index is 9.41. The molecule has 0 aliphatic heterocycles. The van der Waals surface area contributed by atoms with E-state index in [-0.39, 0.29) is 0 Å². The van der Waals surface area contributed by atoms with E-state index in [4.69, 9.17) is 5.11 Å². The van der Waals surface area contributed by atoms with Crippen LogP contribution in [0.25, 0.3) is 0 Å². The Morgan fingerprint density at radius 3 is 2.12 bits per heavy atom. The standard InChI is InChI=1S/C14H26O2/c1-11(14(3,4)5)8-6-7-9-13(16)10-12(2)15/h11-13,15-16H,6,8,10H2,1-5H3. The second kappa shape index (κ2) is 6.93. The van der Waals surface area contributed by atoms with E-state index in [2.05, 4.69) is 39.5 Å². The van der Waals surface area contributed by atoms with E-state index < -0.39 is 12.2 Å². The molecule has 3 atom stereocenters. The fraction of sp³-hybridized carbons (Fsp3) is 0.857. The van der Waals surface area contributed by atoms with E-state index >= 15 is 0 Å². The lowest BCUT2D eigenvalue weighted by Gasteiger charge is -2.26. The van der Waals surface area contributed by atoms with Crippen molar-refractivity contribution in [3.8, 4) is 11.8 Å². The first-order valence-electron chi connectivity index (χ1n) is 6.08. The quantitative estimate of drug-likeness (QED) is 0.723. The van der Waals surface area contributed by atoms with Crippen LogP contribution in [0.15, 0.2) is 0 Å². The Balaban J connectivity index is 3.86. The van der Waals surface area contributed by atoms with Gasteiger partial charge in [-0.15, -0.1) is 5.92 Å². The summed E-state index contributed by atoms with van der Waals surface area (Å²) in [6.45, 7) is 10.6. The monoisotopic (exact) mass is 226 g/mol. The van der Waals surface area contributed by atoms with E-state index in [0.29, 0.717) is 17.8 Å². The second-order valence-electron chi connectivity index (χ2n) is 5.73. The SMILES string of the molecule is CC(O)CC(O)C#CCCC(C)C(C)(C)C. The van der Waals surface area contributed by atoms with Crippen LogP contribution in [-0.4, -0.2) is 22.4 Å². The van der Waals surface area contributed by atoms with Crippen LogP contribution < -0.4 is 0 Å². The van der Waals surface area contributed by atoms with Crippen molar-refractivity contribution in [2.45, 2.75) is 66.1 Å². The molecular weight excluding hydrogens is 200 g/mol. The van der Waals surface area contributed by atoms with Gasteiger partial charge < -0.3 is 10.2 Å². The van der Waals surface area contributed by atoms with Crippen molar-refractivity contribution < 1.29 is 10.2 Å². The summed E-state index contributed by atoms with van der Waals surface area (Å²) in [6, 6.07) is 0. The van der Waals surface area contributed by atoms with Crippen molar-refractivity contribution >= 4 is 0 Å². The van der Waals surface area contributed by atoms with Crippen LogP contribution in [-0.2, 0) is 0 Å². The maximum absolute atomic E-state index is 9.41. The van der Waals surface area contributed by atoms with Crippen molar-refractivity contribution in [3.63, 3.8) is 0 Å². The predicted molar refractivity (Wildman–Crippen MR) is 67.9 cm³/mol. The minimum atomic E-state index is -0.690. The van der Waals surface area contributed by atoms with Crippen LogP contribution in [0.4, 0.5) is 0 Å². The van der Waals surface area contributed by atoms with E-state index in [9.17, 15) is 5.11 Å². The lowest BCUT2D eigenvalue weighted by molar-refractivity contribution is 0.121. The molecule has 0 aromatic heterocycles. The highest BCUT2D eigenvalue weighted by Crippen LogP contribution is 2.28. The Morgan fingerprint density at radius 2 is 1.69 bits per heavy atom. The maximum Gasteiger partial charge on any atom is 0.117 e. The van der Waals surface area contributed by atoms with Crippen LogP contribution in [0.5, 0.6) is 0 Å². The second-order valence-corrected chi connectivity index (χ2v) is 5.73. The summed E-state index contributed by atoms with van der Waals surface area (Å²) in [6.07, 6.45) is 1.03. The summed E-state index contributed by atoms with van der Waals surface area (Å²) in [4.78, 5) is 0. The van der Waals surface area contributed by atoms with Crippen molar-refractivity contribution in [3.05, 3.63) is 0 Å². The van der Waals surface area contributed by atoms with Crippen LogP contribution in [0.3, 0.4) is 0 Å². The van der Waals surface area contributed by atoms with E-state index in [0.717, 1.165) is 12.8 Å². The minimum Gasteiger partial charge on any atom is -0.393 e. The molecule has 0 bridgehead atoms. The highest BCUT2D eigenvalue weighted by Gasteiger charge is 2.18. The zero-order chi connectivity index (χ0) is 12.8. The summed E-state index contributed by atoms with van der Waals surface area (Å²) in [5.74, 6) is 6.37. The molecule has 0 aromatic carbocycles. The molecule has 2 N–H and O–H groups in total. The summed E-state index contributed by atoms with van der Waals surface area (Å²) >= 11 is 0. The van der Waals surface area contributed by atoms with Crippen LogP contribution in [0, 0.1) is 23.2 Å². The summed E-state index contributed by atoms with van der Waals surface area (Å²) in [7, 11) is 0. The van der Waals surface area contributed by atoms with Crippen LogP contribution in [0.1, 0.15) is 53.9 Å². The topological polar surface area (TPSA) is 40.5 Å². The van der Waals surface area contributed by atoms with Crippen LogP contribution in [0.2, 0.25) is 0 Å². The van der Waals surface area contributed by atoms with Gasteiger partial charge in [0.25, 0.3) is 0 Å². The summed E-state index contributed by atoms with van der Waals surface area (Å²) < 4.78 is 0. The van der Waals surface area contributed by atoms with E-state index in [1.165, 1.54) is 0 Å². The van der Waals surface area contributed by atoms with Gasteiger partial charge in [0.1, 0.15) is 6.10 Å². The van der Waals surface area contributed by atoms with Gasteiger partial charge >= 0.3 is 0 Å². The van der Waals surface area contributed by atoms with Crippen molar-refractivity contribution in [1.29, 1.82) is 0 Å². The molecule has 3 unspecified atom stereocenters. The lowest BCUT2D eigenvalue weighted by atomic mass is 9.79. The molecule has 0 heterocycles. The number of rotatable bonds is 4. The van der Waals surface area contributed by atoms with Crippen molar-refractivity contribution in [2.75, 3.05) is 0 Å². The Morgan fingerprint density at radius 1 is 1.12 bits per heavy atom. The summed E-state index contributed by atoms with van der Waals surface area (Å²) in [5.41, 5.74) is 0.319. The Labute approximate surface area is 100 Å². The molecule has 0 radical (unpaired) electrons. The average Bonchev–Trinajstić information content (AvgIpc) is 2.09. The molecule has 16 heavy (non-hydrogen) atoms. The first-order valence-corrected chi connectivity index (χ1v) is 6.08. The van der Waals surface area contributed by atoms with Gasteiger partial charge in [-0.1, -0.05) is 33.6 Å². The van der Waals surface area contributed by atoms with Crippen LogP contribution >= 0.6 is 0 Å². The van der Waals surface area contributed by atoms with Crippen molar-refractivity contribution in [1.82, 2.24) is 0 Å². The molecule has 0 spiro atoms. The minimum absolute atomic E-state index is 0.319. The first kappa shape index (κ1) is 15.5. The molecule has 0 aliphatic rings. The molecule has 0 amide bonds. The highest BCUT2D eigenvalue weighted by molar-refractivity contribution is 5.05. The van der Waals surface area contributed by atoms with Gasteiger partial charge in [-0.3, -0.25) is 0 Å². The average molecular weight is 226 g/mol. The van der Waals surface area contributed by atoms with Gasteiger partial charge in [0, 0.05) is 12.8 Å². The largest absolute Gasteiger partial charge is 0.393 e. The van der Waals surface area contributed by atoms with E-state index in [1.54, 1.807) is 6.92 Å². The number of aliphatic hydroxyl groups excluding tert-OH is 2. The molecule has 0 rings (SSSR count). The third kappa shape index (κ3) is 7.73. The van der Waals surface area contributed by atoms with Gasteiger partial charge in [0.2, 0.25) is 0 Å². The predicted octanol–water partition coefficient (Wildman–Crippen LogP) is 2.58. The zero-order valence-electron chi connectivity index (χ0n) is 11.2. The fourth-order valence-electron chi connectivity index (χ4n) is 1.29. The molecule has 0 aliphatic carbocycles. The molecule has 0 saturated heterocycles. The number of hydrogen-bond donors (Lipinski definition) is 2.